The minimum Gasteiger partial charge on any atom is -0.330 e. The highest BCUT2D eigenvalue weighted by molar-refractivity contribution is 5.78. The molecule has 0 unspecified atom stereocenters. The van der Waals surface area contributed by atoms with E-state index in [4.69, 9.17) is 5.73 Å². The molecule has 0 aliphatic carbocycles. The number of nitrogens with zero attached hydrogens (tertiary/aromatic N) is 4. The second-order valence-corrected chi connectivity index (χ2v) is 7.23. The van der Waals surface area contributed by atoms with Crippen molar-refractivity contribution >= 4 is 5.91 Å². The molecule has 2 aromatic rings. The summed E-state index contributed by atoms with van der Waals surface area (Å²) in [5.74, 6) is -4.97. The van der Waals surface area contributed by atoms with Gasteiger partial charge < -0.3 is 15.2 Å². The Morgan fingerprint density at radius 2 is 1.86 bits per heavy atom. The summed E-state index contributed by atoms with van der Waals surface area (Å²) in [4.78, 5) is 14.0. The first-order chi connectivity index (χ1) is 13.6. The van der Waals surface area contributed by atoms with E-state index in [2.05, 4.69) is 10.2 Å². The van der Waals surface area contributed by atoms with E-state index in [1.807, 2.05) is 0 Å². The number of carbonyl (C=O) groups is 1. The molecular weight excluding hydrogens is 404 g/mol. The van der Waals surface area contributed by atoms with Crippen molar-refractivity contribution in [3.05, 3.63) is 46.8 Å². The van der Waals surface area contributed by atoms with Crippen LogP contribution in [0.25, 0.3) is 0 Å². The molecule has 2 aliphatic rings. The number of hydrogen-bond acceptors (Lipinski definition) is 4. The lowest BCUT2D eigenvalue weighted by Crippen LogP contribution is -2.40. The van der Waals surface area contributed by atoms with Crippen LogP contribution in [0.15, 0.2) is 12.1 Å². The zero-order chi connectivity index (χ0) is 21.1. The Bertz CT molecular complexity index is 974. The van der Waals surface area contributed by atoms with Gasteiger partial charge in [0.05, 0.1) is 12.1 Å². The fourth-order valence-corrected chi connectivity index (χ4v) is 4.02. The molecule has 6 nitrogen and oxygen atoms in total. The van der Waals surface area contributed by atoms with E-state index in [1.54, 1.807) is 0 Å². The number of rotatable bonds is 4. The molecule has 0 spiro atoms. The Kier molecular flexibility index (Phi) is 4.56. The monoisotopic (exact) mass is 419 g/mol. The van der Waals surface area contributed by atoms with Gasteiger partial charge in [0.2, 0.25) is 11.7 Å². The first kappa shape index (κ1) is 19.7. The lowest BCUT2D eigenvalue weighted by molar-refractivity contribution is -0.148. The van der Waals surface area contributed by atoms with Crippen molar-refractivity contribution in [2.24, 2.45) is 5.73 Å². The number of carbonyl (C=O) groups excluding carboxylic acids is 1. The maximum atomic E-state index is 13.7. The quantitative estimate of drug-likeness (QED) is 0.610. The summed E-state index contributed by atoms with van der Waals surface area (Å²) in [5, 5.41) is 6.80. The number of hydrogen-bond donors (Lipinski definition) is 1. The third kappa shape index (κ3) is 3.34. The lowest BCUT2D eigenvalue weighted by Gasteiger charge is -2.28. The summed E-state index contributed by atoms with van der Waals surface area (Å²) in [6.07, 6.45) is -4.78. The van der Waals surface area contributed by atoms with Crippen LogP contribution in [-0.2, 0) is 17.4 Å². The molecule has 2 N–H and O–H groups in total. The second kappa shape index (κ2) is 6.71. The summed E-state index contributed by atoms with van der Waals surface area (Å²) < 4.78 is 80.1. The third-order valence-corrected chi connectivity index (χ3v) is 5.25. The number of aromatic nitrogens is 3. The molecule has 0 saturated carbocycles. The van der Waals surface area contributed by atoms with Crippen molar-refractivity contribution in [2.75, 3.05) is 6.54 Å². The summed E-state index contributed by atoms with van der Waals surface area (Å²) in [7, 11) is 0. The molecule has 1 amide bonds. The van der Waals surface area contributed by atoms with E-state index < -0.39 is 53.5 Å². The molecule has 1 aromatic heterocycles. The zero-order valence-corrected chi connectivity index (χ0v) is 14.8. The van der Waals surface area contributed by atoms with Gasteiger partial charge in [0.25, 0.3) is 0 Å². The van der Waals surface area contributed by atoms with E-state index in [0.717, 1.165) is 4.57 Å². The number of halogens is 6. The van der Waals surface area contributed by atoms with Crippen LogP contribution < -0.4 is 5.73 Å². The maximum Gasteiger partial charge on any atom is 0.451 e. The maximum absolute atomic E-state index is 13.7. The molecule has 2 bridgehead atoms. The fourth-order valence-electron chi connectivity index (χ4n) is 4.02. The van der Waals surface area contributed by atoms with Gasteiger partial charge in [0.15, 0.2) is 17.5 Å². The van der Waals surface area contributed by atoms with Crippen LogP contribution in [0.2, 0.25) is 0 Å². The summed E-state index contributed by atoms with van der Waals surface area (Å²) in [5.41, 5.74) is 5.71. The summed E-state index contributed by atoms with van der Waals surface area (Å²) in [6, 6.07) is -1.00. The van der Waals surface area contributed by atoms with Crippen LogP contribution in [0.4, 0.5) is 26.3 Å². The van der Waals surface area contributed by atoms with Gasteiger partial charge in [-0.05, 0) is 24.5 Å². The molecule has 3 heterocycles. The van der Waals surface area contributed by atoms with Crippen molar-refractivity contribution in [1.29, 1.82) is 0 Å². The Balaban J connectivity index is 1.44. The average molecular weight is 419 g/mol. The molecule has 156 valence electrons. The Morgan fingerprint density at radius 1 is 1.17 bits per heavy atom. The largest absolute Gasteiger partial charge is 0.451 e. The first-order valence-electron chi connectivity index (χ1n) is 8.76. The van der Waals surface area contributed by atoms with Gasteiger partial charge >= 0.3 is 6.18 Å². The highest BCUT2D eigenvalue weighted by Gasteiger charge is 2.51. The van der Waals surface area contributed by atoms with Gasteiger partial charge in [-0.15, -0.1) is 10.2 Å². The van der Waals surface area contributed by atoms with Crippen LogP contribution in [0.1, 0.15) is 42.1 Å². The highest BCUT2D eigenvalue weighted by Crippen LogP contribution is 2.47. The number of likely N-dealkylation sites (tertiary alicyclic amines) is 1. The van der Waals surface area contributed by atoms with Gasteiger partial charge in [-0.25, -0.2) is 13.2 Å². The number of benzene rings is 1. The van der Waals surface area contributed by atoms with E-state index in [9.17, 15) is 31.1 Å². The third-order valence-electron chi connectivity index (χ3n) is 5.25. The molecule has 12 heteroatoms. The molecule has 4 rings (SSSR count). The molecule has 29 heavy (non-hydrogen) atoms. The number of amides is 1. The van der Waals surface area contributed by atoms with E-state index in [-0.39, 0.29) is 30.8 Å². The van der Waals surface area contributed by atoms with Crippen molar-refractivity contribution in [3.63, 3.8) is 0 Å². The Hall–Kier alpha value is -2.63. The van der Waals surface area contributed by atoms with Crippen molar-refractivity contribution in [2.45, 2.75) is 43.6 Å². The van der Waals surface area contributed by atoms with Gasteiger partial charge in [0.1, 0.15) is 5.82 Å². The molecule has 2 aliphatic heterocycles. The molecular formula is C17H15F6N5O. The van der Waals surface area contributed by atoms with E-state index in [1.165, 1.54) is 4.90 Å². The van der Waals surface area contributed by atoms with Crippen molar-refractivity contribution in [3.8, 4) is 0 Å². The fraction of sp³-hybridized carbons (Fsp3) is 0.471. The highest BCUT2D eigenvalue weighted by atomic mass is 19.4. The molecule has 1 saturated heterocycles. The van der Waals surface area contributed by atoms with Crippen LogP contribution in [0, 0.1) is 17.5 Å². The van der Waals surface area contributed by atoms with Crippen molar-refractivity contribution < 1.29 is 31.1 Å². The number of alkyl halides is 3. The van der Waals surface area contributed by atoms with Gasteiger partial charge in [-0.3, -0.25) is 4.79 Å². The molecule has 0 radical (unpaired) electrons. The molecule has 3 atom stereocenters. The number of fused-ring (bicyclic) bond motifs is 5. The minimum atomic E-state index is -4.64. The SMILES string of the molecule is N[C@@H](CC(=O)N1C[C@H]2C[C@@H]1c1nnc(C(F)(F)F)n12)Cc1cc(F)c(F)cc1F. The van der Waals surface area contributed by atoms with E-state index in [0.29, 0.717) is 18.6 Å². The average Bonchev–Trinajstić information content (AvgIpc) is 3.30. The van der Waals surface area contributed by atoms with Gasteiger partial charge in [-0.2, -0.15) is 13.2 Å². The standard InChI is InChI=1S/C17H15F6N5O/c18-10-5-12(20)11(19)2-7(10)1-8(24)3-14(29)27-6-9-4-13(27)15-25-26-16(28(9)15)17(21,22)23/h2,5,8-9,13H,1,3-4,6,24H2/t8-,9-,13-/m1/s1. The van der Waals surface area contributed by atoms with Crippen LogP contribution >= 0.6 is 0 Å². The van der Waals surface area contributed by atoms with Crippen LogP contribution in [0.5, 0.6) is 0 Å². The van der Waals surface area contributed by atoms with Crippen LogP contribution in [0.3, 0.4) is 0 Å². The second-order valence-electron chi connectivity index (χ2n) is 7.23. The predicted octanol–water partition coefficient (Wildman–Crippen LogP) is 2.50. The first-order valence-corrected chi connectivity index (χ1v) is 8.76. The normalized spacial score (nSPS) is 21.6. The number of nitrogens with two attached hydrogens (primary N) is 1. The molecule has 1 aromatic carbocycles. The lowest BCUT2D eigenvalue weighted by atomic mass is 10.0. The van der Waals surface area contributed by atoms with E-state index >= 15 is 0 Å². The Labute approximate surface area is 160 Å². The van der Waals surface area contributed by atoms with Gasteiger partial charge in [-0.1, -0.05) is 0 Å². The van der Waals surface area contributed by atoms with Crippen LogP contribution in [-0.4, -0.2) is 38.2 Å². The predicted molar refractivity (Wildman–Crippen MR) is 85.7 cm³/mol. The topological polar surface area (TPSA) is 77.0 Å². The minimum absolute atomic E-state index is 0.0594. The van der Waals surface area contributed by atoms with Gasteiger partial charge in [0, 0.05) is 25.1 Å². The zero-order valence-electron chi connectivity index (χ0n) is 14.8. The summed E-state index contributed by atoms with van der Waals surface area (Å²) >= 11 is 0. The Morgan fingerprint density at radius 3 is 2.55 bits per heavy atom. The smallest absolute Gasteiger partial charge is 0.330 e. The summed E-state index contributed by atoms with van der Waals surface area (Å²) in [6.45, 7) is 0.0594. The van der Waals surface area contributed by atoms with Crippen molar-refractivity contribution in [1.82, 2.24) is 19.7 Å². The molecule has 1 fully saturated rings.